The van der Waals surface area contributed by atoms with Crippen molar-refractivity contribution in [3.8, 4) is 0 Å². The third-order valence-corrected chi connectivity index (χ3v) is 5.18. The van der Waals surface area contributed by atoms with Crippen LogP contribution in [0.5, 0.6) is 0 Å². The first-order valence-corrected chi connectivity index (χ1v) is 9.91. The van der Waals surface area contributed by atoms with Crippen LogP contribution in [0.3, 0.4) is 0 Å². The second-order valence-corrected chi connectivity index (χ2v) is 8.85. The lowest BCUT2D eigenvalue weighted by Crippen LogP contribution is -2.12. The molecule has 3 rings (SSSR count). The first kappa shape index (κ1) is 20.8. The Hall–Kier alpha value is -2.88. The molecule has 0 unspecified atom stereocenters. The molecule has 3 aromatic rings. The standard InChI is InChI=1S/C25H28O4/c1-15(2)20-13-21-18(12-23(26)29-22(21)11-16(20)3)14-28-24(27)17-7-9-19(10-8-17)25(4,5)6/h7-13,15H,14H2,1-6H3. The Morgan fingerprint density at radius 1 is 1.07 bits per heavy atom. The molecule has 0 N–H and O–H groups in total. The van der Waals surface area contributed by atoms with Crippen LogP contribution in [-0.2, 0) is 16.8 Å². The van der Waals surface area contributed by atoms with Crippen molar-refractivity contribution in [1.82, 2.24) is 0 Å². The van der Waals surface area contributed by atoms with Crippen LogP contribution in [0.4, 0.5) is 0 Å². The van der Waals surface area contributed by atoms with Crippen molar-refractivity contribution in [2.75, 3.05) is 0 Å². The average Bonchev–Trinajstić information content (AvgIpc) is 2.64. The molecular weight excluding hydrogens is 364 g/mol. The Balaban J connectivity index is 1.87. The number of ether oxygens (including phenoxy) is 1. The molecule has 0 saturated heterocycles. The molecule has 0 aliphatic carbocycles. The predicted molar refractivity (Wildman–Crippen MR) is 116 cm³/mol. The minimum atomic E-state index is -0.449. The molecule has 0 atom stereocenters. The van der Waals surface area contributed by atoms with E-state index in [4.69, 9.17) is 9.15 Å². The van der Waals surface area contributed by atoms with E-state index in [-0.39, 0.29) is 12.0 Å². The van der Waals surface area contributed by atoms with Crippen LogP contribution in [-0.4, -0.2) is 5.97 Å². The van der Waals surface area contributed by atoms with E-state index < -0.39 is 11.6 Å². The molecule has 0 aliphatic rings. The molecule has 4 nitrogen and oxygen atoms in total. The zero-order valence-electron chi connectivity index (χ0n) is 18.0. The topological polar surface area (TPSA) is 56.5 Å². The summed E-state index contributed by atoms with van der Waals surface area (Å²) in [4.78, 5) is 24.5. The largest absolute Gasteiger partial charge is 0.457 e. The summed E-state index contributed by atoms with van der Waals surface area (Å²) in [6.45, 7) is 12.6. The molecular formula is C25H28O4. The zero-order chi connectivity index (χ0) is 21.3. The molecule has 0 aliphatic heterocycles. The van der Waals surface area contributed by atoms with Gasteiger partial charge in [0.2, 0.25) is 0 Å². The molecule has 152 valence electrons. The monoisotopic (exact) mass is 392 g/mol. The van der Waals surface area contributed by atoms with Crippen molar-refractivity contribution in [1.29, 1.82) is 0 Å². The number of esters is 1. The summed E-state index contributed by atoms with van der Waals surface area (Å²) in [5.41, 5.74) is 4.63. The van der Waals surface area contributed by atoms with Gasteiger partial charge >= 0.3 is 11.6 Å². The maximum Gasteiger partial charge on any atom is 0.338 e. The van der Waals surface area contributed by atoms with E-state index in [1.807, 2.05) is 31.2 Å². The normalized spacial score (nSPS) is 11.8. The van der Waals surface area contributed by atoms with Crippen LogP contribution in [0, 0.1) is 6.92 Å². The minimum Gasteiger partial charge on any atom is -0.457 e. The number of benzene rings is 2. The summed E-state index contributed by atoms with van der Waals surface area (Å²) in [5.74, 6) is -0.0777. The minimum absolute atomic E-state index is 0.0164. The predicted octanol–water partition coefficient (Wildman–Crippen LogP) is 5.88. The molecule has 0 saturated carbocycles. The van der Waals surface area contributed by atoms with Gasteiger partial charge in [0.1, 0.15) is 12.2 Å². The van der Waals surface area contributed by atoms with Gasteiger partial charge in [0.15, 0.2) is 0 Å². The lowest BCUT2D eigenvalue weighted by Gasteiger charge is -2.19. The number of carbonyl (C=O) groups excluding carboxylic acids is 1. The fourth-order valence-electron chi connectivity index (χ4n) is 3.47. The number of fused-ring (bicyclic) bond motifs is 1. The summed E-state index contributed by atoms with van der Waals surface area (Å²) in [6, 6.07) is 12.8. The Morgan fingerprint density at radius 3 is 2.31 bits per heavy atom. The van der Waals surface area contributed by atoms with Crippen molar-refractivity contribution in [3.05, 3.63) is 80.7 Å². The van der Waals surface area contributed by atoms with Crippen LogP contribution in [0.25, 0.3) is 11.0 Å². The van der Waals surface area contributed by atoms with Gasteiger partial charge in [-0.1, -0.05) is 46.8 Å². The molecule has 29 heavy (non-hydrogen) atoms. The second-order valence-electron chi connectivity index (χ2n) is 8.85. The highest BCUT2D eigenvalue weighted by Crippen LogP contribution is 2.27. The number of hydrogen-bond acceptors (Lipinski definition) is 4. The van der Waals surface area contributed by atoms with Crippen molar-refractivity contribution < 1.29 is 13.9 Å². The summed E-state index contributed by atoms with van der Waals surface area (Å²) < 4.78 is 10.9. The fraction of sp³-hybridized carbons (Fsp3) is 0.360. The van der Waals surface area contributed by atoms with Crippen molar-refractivity contribution in [3.63, 3.8) is 0 Å². The fourth-order valence-corrected chi connectivity index (χ4v) is 3.47. The van der Waals surface area contributed by atoms with E-state index in [9.17, 15) is 9.59 Å². The highest BCUT2D eigenvalue weighted by Gasteiger charge is 2.16. The molecule has 1 heterocycles. The number of carbonyl (C=O) groups is 1. The smallest absolute Gasteiger partial charge is 0.338 e. The Kier molecular flexibility index (Phi) is 5.65. The van der Waals surface area contributed by atoms with E-state index >= 15 is 0 Å². The molecule has 0 radical (unpaired) electrons. The van der Waals surface area contributed by atoms with E-state index in [1.165, 1.54) is 11.6 Å². The maximum absolute atomic E-state index is 12.5. The quantitative estimate of drug-likeness (QED) is 0.411. The SMILES string of the molecule is Cc1cc2oc(=O)cc(COC(=O)c3ccc(C(C)(C)C)cc3)c2cc1C(C)C. The number of aryl methyl sites for hydroxylation is 1. The van der Waals surface area contributed by atoms with Crippen LogP contribution >= 0.6 is 0 Å². The second kappa shape index (κ2) is 7.86. The van der Waals surface area contributed by atoms with Gasteiger partial charge in [-0.2, -0.15) is 0 Å². The van der Waals surface area contributed by atoms with E-state index in [2.05, 4.69) is 34.6 Å². The molecule has 0 fully saturated rings. The van der Waals surface area contributed by atoms with Crippen molar-refractivity contribution in [2.24, 2.45) is 0 Å². The lowest BCUT2D eigenvalue weighted by atomic mass is 9.87. The average molecular weight is 392 g/mol. The van der Waals surface area contributed by atoms with Gasteiger partial charge in [-0.3, -0.25) is 0 Å². The third-order valence-electron chi connectivity index (χ3n) is 5.18. The van der Waals surface area contributed by atoms with E-state index in [0.29, 0.717) is 22.6 Å². The molecule has 0 spiro atoms. The molecule has 4 heteroatoms. The Labute approximate surface area is 171 Å². The highest BCUT2D eigenvalue weighted by molar-refractivity contribution is 5.89. The van der Waals surface area contributed by atoms with Gasteiger partial charge in [-0.05, 0) is 59.2 Å². The van der Waals surface area contributed by atoms with Gasteiger partial charge in [-0.25, -0.2) is 9.59 Å². The molecule has 2 aromatic carbocycles. The van der Waals surface area contributed by atoms with E-state index in [0.717, 1.165) is 16.5 Å². The molecule has 0 amide bonds. The van der Waals surface area contributed by atoms with Gasteiger partial charge in [-0.15, -0.1) is 0 Å². The summed E-state index contributed by atoms with van der Waals surface area (Å²) in [5, 5.41) is 0.801. The van der Waals surface area contributed by atoms with Gasteiger partial charge < -0.3 is 9.15 Å². The van der Waals surface area contributed by atoms with Gasteiger partial charge in [0.25, 0.3) is 0 Å². The zero-order valence-corrected chi connectivity index (χ0v) is 18.0. The van der Waals surface area contributed by atoms with E-state index in [1.54, 1.807) is 12.1 Å². The summed E-state index contributed by atoms with van der Waals surface area (Å²) in [6.07, 6.45) is 0. The van der Waals surface area contributed by atoms with Crippen LogP contribution < -0.4 is 5.63 Å². The van der Waals surface area contributed by atoms with Gasteiger partial charge in [0.05, 0.1) is 5.56 Å². The Morgan fingerprint density at radius 2 is 1.72 bits per heavy atom. The number of rotatable bonds is 4. The molecule has 0 bridgehead atoms. The first-order chi connectivity index (χ1) is 13.6. The van der Waals surface area contributed by atoms with Gasteiger partial charge in [0, 0.05) is 17.0 Å². The summed E-state index contributed by atoms with van der Waals surface area (Å²) >= 11 is 0. The Bertz CT molecular complexity index is 1100. The van der Waals surface area contributed by atoms with Crippen molar-refractivity contribution >= 4 is 16.9 Å². The van der Waals surface area contributed by atoms with Crippen LogP contribution in [0.1, 0.15) is 73.1 Å². The van der Waals surface area contributed by atoms with Crippen LogP contribution in [0.2, 0.25) is 0 Å². The lowest BCUT2D eigenvalue weighted by molar-refractivity contribution is 0.0473. The summed E-state index contributed by atoms with van der Waals surface area (Å²) in [7, 11) is 0. The first-order valence-electron chi connectivity index (χ1n) is 9.91. The number of hydrogen-bond donors (Lipinski definition) is 0. The maximum atomic E-state index is 12.5. The van der Waals surface area contributed by atoms with Crippen LogP contribution in [0.15, 0.2) is 51.7 Å². The highest BCUT2D eigenvalue weighted by atomic mass is 16.5. The molecule has 1 aromatic heterocycles. The van der Waals surface area contributed by atoms with Crippen molar-refractivity contribution in [2.45, 2.75) is 59.5 Å². The third kappa shape index (κ3) is 4.58.